The number of carbonyl (C=O) groups excluding carboxylic acids is 3. The van der Waals surface area contributed by atoms with Crippen LogP contribution in [-0.4, -0.2) is 55.4 Å². The minimum atomic E-state index is -0.412. The molecule has 8 nitrogen and oxygen atoms in total. The van der Waals surface area contributed by atoms with Gasteiger partial charge in [-0.1, -0.05) is 17.7 Å². The van der Waals surface area contributed by atoms with Crippen molar-refractivity contribution in [3.8, 4) is 17.2 Å². The normalized spacial score (nSPS) is 14.5. The Morgan fingerprint density at radius 2 is 1.88 bits per heavy atom. The quantitative estimate of drug-likeness (QED) is 0.503. The topological polar surface area (TPSA) is 94.2 Å². The van der Waals surface area contributed by atoms with E-state index in [1.807, 2.05) is 6.92 Å². The standard InChI is InChI=1S/C23H23ClN2O6S/c1-3-31-18-9-4-15(12-19(18)30-2)13-20-22(28)26(23(29)33-20)11-10-25-21(27)14-32-17-7-5-16(24)6-8-17/h4-9,12-13H,3,10-11,14H2,1-2H3,(H,25,27)/b20-13-. The van der Waals surface area contributed by atoms with Gasteiger partial charge in [0.05, 0.1) is 18.6 Å². The van der Waals surface area contributed by atoms with Gasteiger partial charge in [0.25, 0.3) is 17.1 Å². The molecule has 174 valence electrons. The molecule has 3 amide bonds. The van der Waals surface area contributed by atoms with Crippen LogP contribution in [0.4, 0.5) is 4.79 Å². The predicted octanol–water partition coefficient (Wildman–Crippen LogP) is 3.98. The molecule has 0 unspecified atom stereocenters. The molecule has 1 heterocycles. The van der Waals surface area contributed by atoms with Crippen molar-refractivity contribution in [3.05, 3.63) is 58.0 Å². The van der Waals surface area contributed by atoms with Crippen LogP contribution in [0, 0.1) is 0 Å². The lowest BCUT2D eigenvalue weighted by molar-refractivity contribution is -0.125. The number of ether oxygens (including phenoxy) is 3. The maximum atomic E-state index is 12.7. The van der Waals surface area contributed by atoms with E-state index in [1.54, 1.807) is 48.5 Å². The summed E-state index contributed by atoms with van der Waals surface area (Å²) in [5.41, 5.74) is 0.702. The highest BCUT2D eigenvalue weighted by Gasteiger charge is 2.34. The van der Waals surface area contributed by atoms with Gasteiger partial charge in [-0.3, -0.25) is 19.3 Å². The van der Waals surface area contributed by atoms with Crippen LogP contribution in [-0.2, 0) is 9.59 Å². The van der Waals surface area contributed by atoms with Gasteiger partial charge < -0.3 is 19.5 Å². The summed E-state index contributed by atoms with van der Waals surface area (Å²) in [4.78, 5) is 38.3. The second-order valence-electron chi connectivity index (χ2n) is 6.77. The molecule has 10 heteroatoms. The first-order valence-corrected chi connectivity index (χ1v) is 11.3. The highest BCUT2D eigenvalue weighted by atomic mass is 35.5. The summed E-state index contributed by atoms with van der Waals surface area (Å²) in [6, 6.07) is 11.9. The molecule has 2 aromatic carbocycles. The average molecular weight is 491 g/mol. The molecule has 0 aromatic heterocycles. The number of hydrogen-bond donors (Lipinski definition) is 1. The Hall–Kier alpha value is -3.17. The molecule has 0 spiro atoms. The number of benzene rings is 2. The lowest BCUT2D eigenvalue weighted by Crippen LogP contribution is -2.38. The first kappa shape index (κ1) is 24.5. The molecule has 0 atom stereocenters. The van der Waals surface area contributed by atoms with Crippen molar-refractivity contribution in [2.45, 2.75) is 6.92 Å². The van der Waals surface area contributed by atoms with E-state index in [9.17, 15) is 14.4 Å². The van der Waals surface area contributed by atoms with E-state index < -0.39 is 11.1 Å². The SMILES string of the molecule is CCOc1ccc(/C=C2\SC(=O)N(CCNC(=O)COc3ccc(Cl)cc3)C2=O)cc1OC. The molecule has 3 rings (SSSR count). The second kappa shape index (κ2) is 11.6. The van der Waals surface area contributed by atoms with Gasteiger partial charge in [0.2, 0.25) is 0 Å². The number of methoxy groups -OCH3 is 1. The largest absolute Gasteiger partial charge is 0.493 e. The zero-order valence-corrected chi connectivity index (χ0v) is 19.7. The summed E-state index contributed by atoms with van der Waals surface area (Å²) in [6.45, 7) is 2.35. The van der Waals surface area contributed by atoms with Crippen LogP contribution < -0.4 is 19.5 Å². The molecular weight excluding hydrogens is 468 g/mol. The van der Waals surface area contributed by atoms with Crippen LogP contribution in [0.5, 0.6) is 17.2 Å². The third-order valence-corrected chi connectivity index (χ3v) is 5.66. The van der Waals surface area contributed by atoms with Crippen molar-refractivity contribution in [1.82, 2.24) is 10.2 Å². The Morgan fingerprint density at radius 3 is 2.58 bits per heavy atom. The van der Waals surface area contributed by atoms with Crippen LogP contribution in [0.1, 0.15) is 12.5 Å². The lowest BCUT2D eigenvalue weighted by atomic mass is 10.2. The molecule has 0 aliphatic carbocycles. The molecule has 0 saturated carbocycles. The van der Waals surface area contributed by atoms with Crippen molar-refractivity contribution >= 4 is 46.5 Å². The van der Waals surface area contributed by atoms with E-state index >= 15 is 0 Å². The summed E-state index contributed by atoms with van der Waals surface area (Å²) < 4.78 is 16.2. The number of rotatable bonds is 10. The van der Waals surface area contributed by atoms with Crippen LogP contribution >= 0.6 is 23.4 Å². The fourth-order valence-corrected chi connectivity index (χ4v) is 3.92. The van der Waals surface area contributed by atoms with Gasteiger partial charge in [-0.05, 0) is 66.7 Å². The number of amides is 3. The molecule has 0 radical (unpaired) electrons. The first-order chi connectivity index (χ1) is 15.9. The van der Waals surface area contributed by atoms with E-state index in [0.29, 0.717) is 39.3 Å². The van der Waals surface area contributed by atoms with Gasteiger partial charge in [0, 0.05) is 18.1 Å². The Labute approximate surface area is 200 Å². The Balaban J connectivity index is 1.52. The van der Waals surface area contributed by atoms with Crippen LogP contribution in [0.15, 0.2) is 47.4 Å². The van der Waals surface area contributed by atoms with Gasteiger partial charge in [0.15, 0.2) is 18.1 Å². The third kappa shape index (κ3) is 6.66. The predicted molar refractivity (Wildman–Crippen MR) is 127 cm³/mol. The number of imide groups is 1. The Bertz CT molecular complexity index is 1060. The fourth-order valence-electron chi connectivity index (χ4n) is 2.93. The van der Waals surface area contributed by atoms with E-state index in [-0.39, 0.29) is 25.6 Å². The smallest absolute Gasteiger partial charge is 0.293 e. The maximum Gasteiger partial charge on any atom is 0.293 e. The molecule has 1 aliphatic heterocycles. The minimum Gasteiger partial charge on any atom is -0.493 e. The zero-order chi connectivity index (χ0) is 23.8. The summed E-state index contributed by atoms with van der Waals surface area (Å²) in [6.07, 6.45) is 1.63. The molecular formula is C23H23ClN2O6S. The lowest BCUT2D eigenvalue weighted by Gasteiger charge is -2.13. The van der Waals surface area contributed by atoms with Crippen LogP contribution in [0.3, 0.4) is 0 Å². The van der Waals surface area contributed by atoms with E-state index in [4.69, 9.17) is 25.8 Å². The number of nitrogens with zero attached hydrogens (tertiary/aromatic N) is 1. The molecule has 0 bridgehead atoms. The number of halogens is 1. The number of nitrogens with one attached hydrogen (secondary N) is 1. The fraction of sp³-hybridized carbons (Fsp3) is 0.261. The van der Waals surface area contributed by atoms with Crippen molar-refractivity contribution in [2.75, 3.05) is 33.4 Å². The number of thioether (sulfide) groups is 1. The summed E-state index contributed by atoms with van der Waals surface area (Å²) in [5, 5.41) is 2.81. The zero-order valence-electron chi connectivity index (χ0n) is 18.1. The molecule has 1 saturated heterocycles. The Morgan fingerprint density at radius 1 is 1.12 bits per heavy atom. The highest BCUT2D eigenvalue weighted by Crippen LogP contribution is 2.34. The van der Waals surface area contributed by atoms with Crippen molar-refractivity contribution < 1.29 is 28.6 Å². The Kier molecular flexibility index (Phi) is 8.62. The molecule has 1 fully saturated rings. The van der Waals surface area contributed by atoms with Crippen LogP contribution in [0.2, 0.25) is 5.02 Å². The van der Waals surface area contributed by atoms with Crippen molar-refractivity contribution in [3.63, 3.8) is 0 Å². The highest BCUT2D eigenvalue weighted by molar-refractivity contribution is 8.18. The van der Waals surface area contributed by atoms with Gasteiger partial charge in [0.1, 0.15) is 5.75 Å². The van der Waals surface area contributed by atoms with Gasteiger partial charge >= 0.3 is 0 Å². The van der Waals surface area contributed by atoms with Crippen LogP contribution in [0.25, 0.3) is 6.08 Å². The summed E-state index contributed by atoms with van der Waals surface area (Å²) in [5.74, 6) is 0.865. The monoisotopic (exact) mass is 490 g/mol. The number of carbonyl (C=O) groups is 3. The van der Waals surface area contributed by atoms with E-state index in [0.717, 1.165) is 16.7 Å². The van der Waals surface area contributed by atoms with Gasteiger partial charge in [-0.2, -0.15) is 0 Å². The first-order valence-electron chi connectivity index (χ1n) is 10.1. The second-order valence-corrected chi connectivity index (χ2v) is 8.20. The average Bonchev–Trinajstić information content (AvgIpc) is 3.07. The van der Waals surface area contributed by atoms with Crippen molar-refractivity contribution in [1.29, 1.82) is 0 Å². The molecule has 1 aliphatic rings. The van der Waals surface area contributed by atoms with Gasteiger partial charge in [-0.15, -0.1) is 0 Å². The van der Waals surface area contributed by atoms with Gasteiger partial charge in [-0.25, -0.2) is 0 Å². The minimum absolute atomic E-state index is 0.0568. The molecule has 2 aromatic rings. The van der Waals surface area contributed by atoms with E-state index in [2.05, 4.69) is 5.32 Å². The third-order valence-electron chi connectivity index (χ3n) is 4.50. The molecule has 33 heavy (non-hydrogen) atoms. The maximum absolute atomic E-state index is 12.7. The van der Waals surface area contributed by atoms with Crippen molar-refractivity contribution in [2.24, 2.45) is 0 Å². The number of hydrogen-bond acceptors (Lipinski definition) is 7. The van der Waals surface area contributed by atoms with E-state index in [1.165, 1.54) is 7.11 Å². The molecule has 1 N–H and O–H groups in total. The summed E-state index contributed by atoms with van der Waals surface area (Å²) >= 11 is 6.66. The summed E-state index contributed by atoms with van der Waals surface area (Å²) in [7, 11) is 1.53.